The Kier molecular flexibility index (Phi) is 4.66. The minimum absolute atomic E-state index is 0.261. The molecule has 2 aromatic heterocycles. The van der Waals surface area contributed by atoms with E-state index in [0.717, 1.165) is 16.5 Å². The van der Waals surface area contributed by atoms with Crippen LogP contribution in [0, 0.1) is 0 Å². The van der Waals surface area contributed by atoms with Crippen molar-refractivity contribution in [2.75, 3.05) is 0 Å². The second-order valence-electron chi connectivity index (χ2n) is 5.78. The summed E-state index contributed by atoms with van der Waals surface area (Å²) in [5.74, 6) is -0.414. The Balaban J connectivity index is 1.49. The Hall–Kier alpha value is -3.09. The molecule has 0 saturated heterocycles. The van der Waals surface area contributed by atoms with Crippen molar-refractivity contribution in [1.82, 2.24) is 20.6 Å². The predicted molar refractivity (Wildman–Crippen MR) is 107 cm³/mol. The van der Waals surface area contributed by atoms with E-state index in [1.807, 2.05) is 30.5 Å². The molecule has 134 valence electrons. The standard InChI is InChI=1S/C19H13Cl2N5O/c20-12-5-6-15(21)14(7-12)17-8-18(25-24-17)19(27)26-23-10-11-9-22-16-4-2-1-3-13(11)16/h1-10,22H,(H,24,25)(H,26,27)/b23-10-. The zero-order valence-corrected chi connectivity index (χ0v) is 15.3. The summed E-state index contributed by atoms with van der Waals surface area (Å²) in [6, 6.07) is 14.5. The van der Waals surface area contributed by atoms with Gasteiger partial charge in [0.2, 0.25) is 0 Å². The molecule has 0 saturated carbocycles. The number of H-pyrrole nitrogens is 2. The fraction of sp³-hybridized carbons (Fsp3) is 0. The molecule has 2 aromatic carbocycles. The van der Waals surface area contributed by atoms with Crippen molar-refractivity contribution >= 4 is 46.2 Å². The van der Waals surface area contributed by atoms with Crippen LogP contribution in [0.2, 0.25) is 10.0 Å². The fourth-order valence-electron chi connectivity index (χ4n) is 2.69. The number of hydrazone groups is 1. The number of hydrogen-bond acceptors (Lipinski definition) is 3. The van der Waals surface area contributed by atoms with E-state index in [2.05, 4.69) is 25.7 Å². The molecular weight excluding hydrogens is 385 g/mol. The van der Waals surface area contributed by atoms with E-state index in [9.17, 15) is 4.79 Å². The summed E-state index contributed by atoms with van der Waals surface area (Å²) in [5, 5.41) is 12.9. The van der Waals surface area contributed by atoms with Gasteiger partial charge in [0.1, 0.15) is 5.69 Å². The van der Waals surface area contributed by atoms with Gasteiger partial charge in [0.25, 0.3) is 5.91 Å². The summed E-state index contributed by atoms with van der Waals surface area (Å²) in [7, 11) is 0. The number of rotatable bonds is 4. The number of para-hydroxylation sites is 1. The van der Waals surface area contributed by atoms with E-state index >= 15 is 0 Å². The molecule has 0 bridgehead atoms. The third-order valence-corrected chi connectivity index (χ3v) is 4.58. The van der Waals surface area contributed by atoms with E-state index in [0.29, 0.717) is 21.3 Å². The first-order valence-corrected chi connectivity index (χ1v) is 8.78. The molecule has 0 unspecified atom stereocenters. The molecule has 0 radical (unpaired) electrons. The van der Waals surface area contributed by atoms with Gasteiger partial charge in [-0.1, -0.05) is 41.4 Å². The van der Waals surface area contributed by atoms with Gasteiger partial charge in [-0.05, 0) is 30.3 Å². The first-order valence-electron chi connectivity index (χ1n) is 8.02. The van der Waals surface area contributed by atoms with Gasteiger partial charge < -0.3 is 4.98 Å². The lowest BCUT2D eigenvalue weighted by Gasteiger charge is -2.00. The zero-order valence-electron chi connectivity index (χ0n) is 13.8. The number of carbonyl (C=O) groups excluding carboxylic acids is 1. The summed E-state index contributed by atoms with van der Waals surface area (Å²) < 4.78 is 0. The summed E-state index contributed by atoms with van der Waals surface area (Å²) in [6.07, 6.45) is 3.41. The maximum absolute atomic E-state index is 12.3. The lowest BCUT2D eigenvalue weighted by Crippen LogP contribution is -2.17. The number of amides is 1. The zero-order chi connectivity index (χ0) is 18.8. The van der Waals surface area contributed by atoms with Crippen molar-refractivity contribution in [1.29, 1.82) is 0 Å². The largest absolute Gasteiger partial charge is 0.361 e. The molecule has 2 heterocycles. The molecule has 0 fully saturated rings. The van der Waals surface area contributed by atoms with Gasteiger partial charge in [0.05, 0.1) is 16.9 Å². The number of fused-ring (bicyclic) bond motifs is 1. The third-order valence-electron chi connectivity index (χ3n) is 4.02. The van der Waals surface area contributed by atoms with Crippen LogP contribution in [-0.2, 0) is 0 Å². The lowest BCUT2D eigenvalue weighted by molar-refractivity contribution is 0.0950. The highest BCUT2D eigenvalue weighted by atomic mass is 35.5. The van der Waals surface area contributed by atoms with E-state index in [-0.39, 0.29) is 5.69 Å². The van der Waals surface area contributed by atoms with Crippen LogP contribution >= 0.6 is 23.2 Å². The Morgan fingerprint density at radius 3 is 2.89 bits per heavy atom. The molecule has 6 nitrogen and oxygen atoms in total. The molecule has 4 aromatic rings. The molecule has 0 aliphatic heterocycles. The van der Waals surface area contributed by atoms with Crippen LogP contribution in [0.1, 0.15) is 16.1 Å². The van der Waals surface area contributed by atoms with Crippen LogP contribution in [0.3, 0.4) is 0 Å². The van der Waals surface area contributed by atoms with Crippen LogP contribution in [0.4, 0.5) is 0 Å². The van der Waals surface area contributed by atoms with Crippen LogP contribution in [0.25, 0.3) is 22.2 Å². The first kappa shape index (κ1) is 17.3. The second kappa shape index (κ2) is 7.26. The predicted octanol–water partition coefficient (Wildman–Crippen LogP) is 4.63. The maximum atomic E-state index is 12.3. The van der Waals surface area contributed by atoms with E-state index in [4.69, 9.17) is 23.2 Å². The Bertz CT molecular complexity index is 1160. The van der Waals surface area contributed by atoms with E-state index < -0.39 is 5.91 Å². The molecule has 0 atom stereocenters. The van der Waals surface area contributed by atoms with Gasteiger partial charge in [-0.25, -0.2) is 5.43 Å². The van der Waals surface area contributed by atoms with Gasteiger partial charge in [-0.15, -0.1) is 0 Å². The van der Waals surface area contributed by atoms with Crippen molar-refractivity contribution in [3.05, 3.63) is 76.0 Å². The SMILES string of the molecule is O=C(N/N=C\c1c[nH]c2ccccc12)c1cc(-c2cc(Cl)ccc2Cl)n[nH]1. The van der Waals surface area contributed by atoms with Crippen molar-refractivity contribution in [2.24, 2.45) is 5.10 Å². The molecular formula is C19H13Cl2N5O. The van der Waals surface area contributed by atoms with E-state index in [1.165, 1.54) is 0 Å². The third kappa shape index (κ3) is 3.58. The second-order valence-corrected chi connectivity index (χ2v) is 6.62. The van der Waals surface area contributed by atoms with Gasteiger partial charge in [-0.3, -0.25) is 9.89 Å². The Morgan fingerprint density at radius 2 is 2.00 bits per heavy atom. The highest BCUT2D eigenvalue weighted by Gasteiger charge is 2.13. The number of halogens is 2. The number of aromatic nitrogens is 3. The average Bonchev–Trinajstić information content (AvgIpc) is 3.31. The van der Waals surface area contributed by atoms with Crippen molar-refractivity contribution < 1.29 is 4.79 Å². The monoisotopic (exact) mass is 397 g/mol. The maximum Gasteiger partial charge on any atom is 0.289 e. The number of nitrogens with zero attached hydrogens (tertiary/aromatic N) is 2. The smallest absolute Gasteiger partial charge is 0.289 e. The summed E-state index contributed by atoms with van der Waals surface area (Å²) in [4.78, 5) is 15.4. The Labute approximate surface area is 164 Å². The number of hydrogen-bond donors (Lipinski definition) is 3. The normalized spacial score (nSPS) is 11.3. The molecule has 27 heavy (non-hydrogen) atoms. The fourth-order valence-corrected chi connectivity index (χ4v) is 3.08. The van der Waals surface area contributed by atoms with Gasteiger partial charge >= 0.3 is 0 Å². The summed E-state index contributed by atoms with van der Waals surface area (Å²) >= 11 is 12.2. The molecule has 1 amide bonds. The highest BCUT2D eigenvalue weighted by molar-refractivity contribution is 6.35. The van der Waals surface area contributed by atoms with Crippen LogP contribution < -0.4 is 5.43 Å². The summed E-state index contributed by atoms with van der Waals surface area (Å²) in [6.45, 7) is 0. The van der Waals surface area contributed by atoms with Crippen LogP contribution in [0.15, 0.2) is 59.8 Å². The van der Waals surface area contributed by atoms with Gasteiger partial charge in [0.15, 0.2) is 0 Å². The van der Waals surface area contributed by atoms with Crippen molar-refractivity contribution in [3.63, 3.8) is 0 Å². The van der Waals surface area contributed by atoms with Gasteiger partial charge in [-0.2, -0.15) is 10.2 Å². The quantitative estimate of drug-likeness (QED) is 0.346. The topological polar surface area (TPSA) is 85.9 Å². The number of nitrogens with one attached hydrogen (secondary N) is 3. The number of benzene rings is 2. The molecule has 4 rings (SSSR count). The minimum Gasteiger partial charge on any atom is -0.361 e. The minimum atomic E-state index is -0.414. The Morgan fingerprint density at radius 1 is 1.15 bits per heavy atom. The van der Waals surface area contributed by atoms with E-state index in [1.54, 1.807) is 30.5 Å². The molecule has 0 aliphatic carbocycles. The van der Waals surface area contributed by atoms with Crippen molar-refractivity contribution in [3.8, 4) is 11.3 Å². The summed E-state index contributed by atoms with van der Waals surface area (Å²) in [5.41, 5.74) is 5.78. The van der Waals surface area contributed by atoms with Crippen molar-refractivity contribution in [2.45, 2.75) is 0 Å². The first-order chi connectivity index (χ1) is 13.1. The molecule has 0 spiro atoms. The molecule has 8 heteroatoms. The molecule has 0 aliphatic rings. The molecule has 3 N–H and O–H groups in total. The van der Waals surface area contributed by atoms with Crippen LogP contribution in [0.5, 0.6) is 0 Å². The lowest BCUT2D eigenvalue weighted by atomic mass is 10.1. The highest BCUT2D eigenvalue weighted by Crippen LogP contribution is 2.29. The van der Waals surface area contributed by atoms with Crippen LogP contribution in [-0.4, -0.2) is 27.3 Å². The number of aromatic amines is 2. The van der Waals surface area contributed by atoms with Gasteiger partial charge in [0, 0.05) is 33.2 Å². The average molecular weight is 398 g/mol. The number of carbonyl (C=O) groups is 1.